The molecular formula is C20H26N2. The van der Waals surface area contributed by atoms with Gasteiger partial charge in [0.15, 0.2) is 0 Å². The molecule has 22 heavy (non-hydrogen) atoms. The first-order valence-corrected chi connectivity index (χ1v) is 8.50. The maximum atomic E-state index is 9.23. The van der Waals surface area contributed by atoms with Crippen LogP contribution in [-0.4, -0.2) is 11.5 Å². The van der Waals surface area contributed by atoms with Gasteiger partial charge in [-0.3, -0.25) is 0 Å². The van der Waals surface area contributed by atoms with Gasteiger partial charge in [-0.15, -0.1) is 0 Å². The Kier molecular flexibility index (Phi) is 2.95. The fourth-order valence-corrected chi connectivity index (χ4v) is 4.10. The van der Waals surface area contributed by atoms with Gasteiger partial charge in [-0.1, -0.05) is 43.5 Å². The van der Waals surface area contributed by atoms with E-state index in [2.05, 4.69) is 30.9 Å². The molecule has 2 nitrogen and oxygen atoms in total. The molecule has 2 heterocycles. The first-order valence-electron chi connectivity index (χ1n) is 9.58. The van der Waals surface area contributed by atoms with Gasteiger partial charge in [-0.05, 0) is 44.2 Å². The monoisotopic (exact) mass is 296 g/mol. The zero-order chi connectivity index (χ0) is 16.9. The van der Waals surface area contributed by atoms with E-state index < -0.39 is 12.5 Å². The number of allylic oxidation sites excluding steroid dienone is 2. The van der Waals surface area contributed by atoms with Crippen LogP contribution in [0.5, 0.6) is 0 Å². The summed E-state index contributed by atoms with van der Waals surface area (Å²) in [6.45, 7) is 3.67. The van der Waals surface area contributed by atoms with Gasteiger partial charge in [0.25, 0.3) is 0 Å². The van der Waals surface area contributed by atoms with Crippen molar-refractivity contribution in [3.8, 4) is 0 Å². The minimum Gasteiger partial charge on any atom is -0.331 e. The van der Waals surface area contributed by atoms with Crippen molar-refractivity contribution in [1.82, 2.24) is 4.90 Å². The van der Waals surface area contributed by atoms with Crippen LogP contribution in [0.1, 0.15) is 47.3 Å². The third kappa shape index (κ3) is 2.16. The minimum absolute atomic E-state index is 0.376. The summed E-state index contributed by atoms with van der Waals surface area (Å²) in [6, 6.07) is 8.24. The maximum absolute atomic E-state index is 9.23. The van der Waals surface area contributed by atoms with E-state index in [1.54, 1.807) is 0 Å². The molecule has 0 bridgehead atoms. The summed E-state index contributed by atoms with van der Waals surface area (Å²) in [7, 11) is 0. The van der Waals surface area contributed by atoms with Gasteiger partial charge in [-0.25, -0.2) is 0 Å². The molecule has 4 rings (SSSR count). The second-order valence-electron chi connectivity index (χ2n) is 6.72. The summed E-state index contributed by atoms with van der Waals surface area (Å²) >= 11 is 0. The predicted molar refractivity (Wildman–Crippen MR) is 92.3 cm³/mol. The Hall–Kier alpha value is -1.70. The quantitative estimate of drug-likeness (QED) is 0.755. The van der Waals surface area contributed by atoms with Crippen molar-refractivity contribution in [2.45, 2.75) is 46.0 Å². The molecule has 0 radical (unpaired) electrons. The SMILES string of the molecule is [2H]C1N2C=CC([2H])(C3CCCCC3)C2=C(C)N1c1ccccc1C. The van der Waals surface area contributed by atoms with E-state index in [1.807, 2.05) is 29.3 Å². The fourth-order valence-electron chi connectivity index (χ4n) is 4.10. The molecule has 2 aliphatic heterocycles. The van der Waals surface area contributed by atoms with Crippen LogP contribution in [0, 0.1) is 18.7 Å². The highest BCUT2D eigenvalue weighted by Crippen LogP contribution is 2.44. The number of nitrogens with zero attached hydrogens (tertiary/aromatic N) is 2. The number of anilines is 1. The highest BCUT2D eigenvalue weighted by Gasteiger charge is 2.37. The van der Waals surface area contributed by atoms with Crippen molar-refractivity contribution in [2.75, 3.05) is 11.5 Å². The highest BCUT2D eigenvalue weighted by molar-refractivity contribution is 5.60. The van der Waals surface area contributed by atoms with E-state index in [9.17, 15) is 1.37 Å². The zero-order valence-electron chi connectivity index (χ0n) is 15.5. The summed E-state index contributed by atoms with van der Waals surface area (Å²) < 4.78 is 18.0. The zero-order valence-corrected chi connectivity index (χ0v) is 13.5. The van der Waals surface area contributed by atoms with E-state index in [0.29, 0.717) is 5.92 Å². The van der Waals surface area contributed by atoms with Crippen LogP contribution in [0.2, 0.25) is 0 Å². The Morgan fingerprint density at radius 3 is 2.68 bits per heavy atom. The van der Waals surface area contributed by atoms with E-state index in [4.69, 9.17) is 1.37 Å². The van der Waals surface area contributed by atoms with Gasteiger partial charge in [0.2, 0.25) is 0 Å². The largest absolute Gasteiger partial charge is 0.331 e. The van der Waals surface area contributed by atoms with E-state index in [0.717, 1.165) is 29.9 Å². The molecule has 116 valence electrons. The smallest absolute Gasteiger partial charge is 0.0989 e. The molecule has 2 atom stereocenters. The van der Waals surface area contributed by atoms with Gasteiger partial charge in [0.1, 0.15) is 0 Å². The van der Waals surface area contributed by atoms with Crippen LogP contribution in [0.4, 0.5) is 5.69 Å². The average Bonchev–Trinajstić information content (AvgIpc) is 3.07. The Balaban J connectivity index is 1.76. The lowest BCUT2D eigenvalue weighted by atomic mass is 9.79. The lowest BCUT2D eigenvalue weighted by molar-refractivity contribution is 0.297. The number of aryl methyl sites for hydroxylation is 1. The van der Waals surface area contributed by atoms with E-state index in [1.165, 1.54) is 24.8 Å². The van der Waals surface area contributed by atoms with Crippen molar-refractivity contribution < 1.29 is 2.74 Å². The third-order valence-electron chi connectivity index (χ3n) is 5.31. The third-order valence-corrected chi connectivity index (χ3v) is 5.31. The summed E-state index contributed by atoms with van der Waals surface area (Å²) in [5.74, 6) is -0.289. The number of fused-ring (bicyclic) bond motifs is 1. The summed E-state index contributed by atoms with van der Waals surface area (Å²) in [5, 5.41) is 0. The summed E-state index contributed by atoms with van der Waals surface area (Å²) in [5.41, 5.74) is 4.34. The number of benzene rings is 1. The molecule has 0 N–H and O–H groups in total. The first-order chi connectivity index (χ1) is 11.5. The lowest BCUT2D eigenvalue weighted by Crippen LogP contribution is -2.24. The molecule has 0 saturated heterocycles. The van der Waals surface area contributed by atoms with Crippen LogP contribution in [-0.2, 0) is 0 Å². The van der Waals surface area contributed by atoms with E-state index in [-0.39, 0.29) is 0 Å². The molecule has 2 unspecified atom stereocenters. The molecule has 0 aromatic heterocycles. The highest BCUT2D eigenvalue weighted by atomic mass is 15.4. The topological polar surface area (TPSA) is 6.48 Å². The van der Waals surface area contributed by atoms with Crippen molar-refractivity contribution in [2.24, 2.45) is 11.8 Å². The second-order valence-corrected chi connectivity index (χ2v) is 6.72. The Labute approximate surface area is 136 Å². The molecule has 1 fully saturated rings. The van der Waals surface area contributed by atoms with Crippen LogP contribution in [0.3, 0.4) is 0 Å². The molecule has 3 aliphatic rings. The number of hydrogen-bond donors (Lipinski definition) is 0. The second kappa shape index (κ2) is 5.49. The molecular weight excluding hydrogens is 268 g/mol. The normalized spacial score (nSPS) is 33.3. The lowest BCUT2D eigenvalue weighted by Gasteiger charge is -2.28. The Morgan fingerprint density at radius 1 is 1.14 bits per heavy atom. The summed E-state index contributed by atoms with van der Waals surface area (Å²) in [4.78, 5) is 4.09. The van der Waals surface area contributed by atoms with Crippen molar-refractivity contribution in [3.05, 3.63) is 53.5 Å². The van der Waals surface area contributed by atoms with Crippen LogP contribution < -0.4 is 4.90 Å². The van der Waals surface area contributed by atoms with Gasteiger partial charge in [0, 0.05) is 30.5 Å². The molecule has 1 aliphatic carbocycles. The molecule has 2 heteroatoms. The number of rotatable bonds is 2. The summed E-state index contributed by atoms with van der Waals surface area (Å²) in [6.07, 6.45) is 10.1. The molecule has 0 spiro atoms. The molecule has 1 aromatic carbocycles. The van der Waals surface area contributed by atoms with Crippen LogP contribution in [0.15, 0.2) is 47.9 Å². The Morgan fingerprint density at radius 2 is 1.91 bits per heavy atom. The van der Waals surface area contributed by atoms with Crippen molar-refractivity contribution in [3.63, 3.8) is 0 Å². The van der Waals surface area contributed by atoms with Crippen molar-refractivity contribution in [1.29, 1.82) is 0 Å². The number of para-hydroxylation sites is 1. The Bertz CT molecular complexity index is 705. The van der Waals surface area contributed by atoms with E-state index >= 15 is 0 Å². The van der Waals surface area contributed by atoms with Crippen LogP contribution >= 0.6 is 0 Å². The fraction of sp³-hybridized carbons (Fsp3) is 0.500. The predicted octanol–water partition coefficient (Wildman–Crippen LogP) is 5.03. The minimum atomic E-state index is -0.665. The molecule has 1 aromatic rings. The van der Waals surface area contributed by atoms with Gasteiger partial charge < -0.3 is 9.80 Å². The standard InChI is InChI=1S/C20H26N2/c1-15-8-6-7-11-19(15)22-14-21-13-12-18(20(21)16(22)2)17-9-4-3-5-10-17/h6-8,11-13,17-18H,3-5,9-10,14H2,1-2H3/i14D,18D. The van der Waals surface area contributed by atoms with Crippen molar-refractivity contribution >= 4 is 5.69 Å². The average molecular weight is 296 g/mol. The van der Waals surface area contributed by atoms with Crippen LogP contribution in [0.25, 0.3) is 0 Å². The molecule has 0 amide bonds. The van der Waals surface area contributed by atoms with Gasteiger partial charge in [-0.2, -0.15) is 0 Å². The maximum Gasteiger partial charge on any atom is 0.0989 e. The first kappa shape index (κ1) is 11.8. The number of hydrogen-bond acceptors (Lipinski definition) is 2. The molecule has 1 saturated carbocycles. The van der Waals surface area contributed by atoms with Gasteiger partial charge >= 0.3 is 0 Å². The van der Waals surface area contributed by atoms with Gasteiger partial charge in [0.05, 0.1) is 8.02 Å².